The van der Waals surface area contributed by atoms with Gasteiger partial charge in [-0.2, -0.15) is 5.10 Å². The smallest absolute Gasteiger partial charge is 0.275 e. The number of hydrazone groups is 1. The van der Waals surface area contributed by atoms with Gasteiger partial charge in [-0.1, -0.05) is 23.7 Å². The Morgan fingerprint density at radius 3 is 2.78 bits per heavy atom. The third kappa shape index (κ3) is 3.09. The molecule has 0 atom stereocenters. The number of phenols is 1. The molecular formula is C12H9ClN2O2S. The molecule has 0 bridgehead atoms. The van der Waals surface area contributed by atoms with E-state index in [2.05, 4.69) is 10.5 Å². The van der Waals surface area contributed by atoms with Gasteiger partial charge in [0.05, 0.1) is 16.1 Å². The van der Waals surface area contributed by atoms with Crippen LogP contribution in [0.15, 0.2) is 41.5 Å². The van der Waals surface area contributed by atoms with Crippen LogP contribution in [0.4, 0.5) is 0 Å². The predicted molar refractivity (Wildman–Crippen MR) is 72.5 cm³/mol. The summed E-state index contributed by atoms with van der Waals surface area (Å²) in [6.07, 6.45) is 1.49. The van der Waals surface area contributed by atoms with Crippen LogP contribution < -0.4 is 5.43 Å². The molecule has 2 rings (SSSR count). The Hall–Kier alpha value is -1.85. The molecule has 0 aliphatic heterocycles. The number of rotatable bonds is 3. The van der Waals surface area contributed by atoms with Gasteiger partial charge in [0.25, 0.3) is 5.91 Å². The van der Waals surface area contributed by atoms with Crippen molar-refractivity contribution in [3.05, 3.63) is 51.2 Å². The Bertz CT molecular complexity index is 595. The maximum atomic E-state index is 11.7. The minimum atomic E-state index is -0.466. The second-order valence-electron chi connectivity index (χ2n) is 3.36. The van der Waals surface area contributed by atoms with Gasteiger partial charge >= 0.3 is 0 Å². The predicted octanol–water partition coefficient (Wildman–Crippen LogP) is 2.87. The third-order valence-electron chi connectivity index (χ3n) is 2.10. The van der Waals surface area contributed by atoms with Crippen molar-refractivity contribution in [2.45, 2.75) is 0 Å². The van der Waals surface area contributed by atoms with Crippen molar-refractivity contribution in [1.82, 2.24) is 5.43 Å². The highest BCUT2D eigenvalue weighted by atomic mass is 35.5. The summed E-state index contributed by atoms with van der Waals surface area (Å²) in [5.74, 6) is -0.545. The Labute approximate surface area is 113 Å². The molecule has 4 nitrogen and oxygen atoms in total. The topological polar surface area (TPSA) is 61.7 Å². The van der Waals surface area contributed by atoms with Crippen LogP contribution in [0.1, 0.15) is 15.2 Å². The summed E-state index contributed by atoms with van der Waals surface area (Å²) < 4.78 is 0.656. The number of halogens is 1. The van der Waals surface area contributed by atoms with E-state index in [1.54, 1.807) is 24.3 Å². The molecule has 18 heavy (non-hydrogen) atoms. The molecular weight excluding hydrogens is 272 g/mol. The van der Waals surface area contributed by atoms with E-state index in [1.165, 1.54) is 29.7 Å². The van der Waals surface area contributed by atoms with Gasteiger partial charge in [-0.15, -0.1) is 11.3 Å². The molecule has 0 aliphatic rings. The largest absolute Gasteiger partial charge is 0.507 e. The van der Waals surface area contributed by atoms with E-state index in [0.717, 1.165) is 4.88 Å². The molecule has 1 aromatic carbocycles. The summed E-state index contributed by atoms with van der Waals surface area (Å²) >= 11 is 7.11. The first-order chi connectivity index (χ1) is 8.66. The van der Waals surface area contributed by atoms with Crippen LogP contribution >= 0.6 is 22.9 Å². The van der Waals surface area contributed by atoms with E-state index in [0.29, 0.717) is 4.34 Å². The molecule has 2 N–H and O–H groups in total. The molecule has 0 radical (unpaired) electrons. The minimum Gasteiger partial charge on any atom is -0.507 e. The number of carbonyl (C=O) groups excluding carboxylic acids is 1. The number of carbonyl (C=O) groups is 1. The summed E-state index contributed by atoms with van der Waals surface area (Å²) in [6, 6.07) is 9.81. The molecule has 2 aromatic rings. The second-order valence-corrected chi connectivity index (χ2v) is 5.10. The lowest BCUT2D eigenvalue weighted by Crippen LogP contribution is -2.17. The lowest BCUT2D eigenvalue weighted by atomic mass is 10.2. The fourth-order valence-corrected chi connectivity index (χ4v) is 2.21. The molecule has 0 saturated heterocycles. The number of thiophene rings is 1. The van der Waals surface area contributed by atoms with Crippen LogP contribution in [-0.2, 0) is 0 Å². The van der Waals surface area contributed by atoms with Gasteiger partial charge in [0.2, 0.25) is 0 Å². The van der Waals surface area contributed by atoms with E-state index in [9.17, 15) is 9.90 Å². The molecule has 0 fully saturated rings. The van der Waals surface area contributed by atoms with E-state index in [-0.39, 0.29) is 11.3 Å². The number of nitrogens with one attached hydrogen (secondary N) is 1. The van der Waals surface area contributed by atoms with Gasteiger partial charge in [0.15, 0.2) is 0 Å². The summed E-state index contributed by atoms with van der Waals surface area (Å²) in [5, 5.41) is 13.3. The zero-order valence-electron chi connectivity index (χ0n) is 9.13. The van der Waals surface area contributed by atoms with Crippen molar-refractivity contribution in [2.75, 3.05) is 0 Å². The number of benzene rings is 1. The van der Waals surface area contributed by atoms with Crippen molar-refractivity contribution >= 4 is 35.1 Å². The summed E-state index contributed by atoms with van der Waals surface area (Å²) in [7, 11) is 0. The third-order valence-corrected chi connectivity index (χ3v) is 3.27. The van der Waals surface area contributed by atoms with Crippen molar-refractivity contribution in [2.24, 2.45) is 5.10 Å². The molecule has 1 amide bonds. The number of nitrogens with zero attached hydrogens (tertiary/aromatic N) is 1. The summed E-state index contributed by atoms with van der Waals surface area (Å²) in [6.45, 7) is 0. The van der Waals surface area contributed by atoms with Gasteiger partial charge < -0.3 is 5.11 Å². The molecule has 0 spiro atoms. The van der Waals surface area contributed by atoms with Gasteiger partial charge in [-0.3, -0.25) is 4.79 Å². The van der Waals surface area contributed by atoms with Crippen LogP contribution in [-0.4, -0.2) is 17.2 Å². The maximum absolute atomic E-state index is 11.7. The average molecular weight is 281 g/mol. The SMILES string of the molecule is O=C(N/N=C/c1ccc(Cl)s1)c1ccccc1O. The van der Waals surface area contributed by atoms with E-state index >= 15 is 0 Å². The highest BCUT2D eigenvalue weighted by molar-refractivity contribution is 7.17. The second kappa shape index (κ2) is 5.66. The number of amides is 1. The lowest BCUT2D eigenvalue weighted by Gasteiger charge is -2.01. The first-order valence-corrected chi connectivity index (χ1v) is 6.23. The first kappa shape index (κ1) is 12.6. The van der Waals surface area contributed by atoms with Crippen molar-refractivity contribution in [1.29, 1.82) is 0 Å². The minimum absolute atomic E-state index is 0.0793. The Kier molecular flexibility index (Phi) is 3.96. The quantitative estimate of drug-likeness (QED) is 0.671. The molecule has 0 unspecified atom stereocenters. The zero-order valence-corrected chi connectivity index (χ0v) is 10.7. The van der Waals surface area contributed by atoms with Gasteiger partial charge in [0, 0.05) is 4.88 Å². The Morgan fingerprint density at radius 2 is 2.11 bits per heavy atom. The van der Waals surface area contributed by atoms with Gasteiger partial charge in [0.1, 0.15) is 5.75 Å². The van der Waals surface area contributed by atoms with Crippen LogP contribution in [0.3, 0.4) is 0 Å². The molecule has 92 valence electrons. The van der Waals surface area contributed by atoms with Gasteiger partial charge in [-0.25, -0.2) is 5.43 Å². The Balaban J connectivity index is 2.01. The molecule has 1 heterocycles. The highest BCUT2D eigenvalue weighted by Crippen LogP contribution is 2.19. The Morgan fingerprint density at radius 1 is 1.33 bits per heavy atom. The standard InChI is InChI=1S/C12H9ClN2O2S/c13-11-6-5-8(18-11)7-14-15-12(17)9-3-1-2-4-10(9)16/h1-7,16H,(H,15,17)/b14-7+. The fraction of sp³-hybridized carbons (Fsp3) is 0. The maximum Gasteiger partial charge on any atom is 0.275 e. The normalized spacial score (nSPS) is 10.7. The van der Waals surface area contributed by atoms with E-state index in [1.807, 2.05) is 0 Å². The fourth-order valence-electron chi connectivity index (χ4n) is 1.28. The molecule has 0 aliphatic carbocycles. The summed E-state index contributed by atoms with van der Waals surface area (Å²) in [4.78, 5) is 12.5. The van der Waals surface area contributed by atoms with Crippen LogP contribution in [0.2, 0.25) is 4.34 Å². The number of phenolic OH excluding ortho intramolecular Hbond substituents is 1. The molecule has 6 heteroatoms. The zero-order chi connectivity index (χ0) is 13.0. The highest BCUT2D eigenvalue weighted by Gasteiger charge is 2.08. The van der Waals surface area contributed by atoms with Crippen molar-refractivity contribution in [3.63, 3.8) is 0 Å². The number of hydrogen-bond donors (Lipinski definition) is 2. The average Bonchev–Trinajstić information content (AvgIpc) is 2.75. The van der Waals surface area contributed by atoms with E-state index in [4.69, 9.17) is 11.6 Å². The monoisotopic (exact) mass is 280 g/mol. The number of aromatic hydroxyl groups is 1. The lowest BCUT2D eigenvalue weighted by molar-refractivity contribution is 0.0952. The van der Waals surface area contributed by atoms with Crippen LogP contribution in [0.25, 0.3) is 0 Å². The van der Waals surface area contributed by atoms with Crippen LogP contribution in [0.5, 0.6) is 5.75 Å². The van der Waals surface area contributed by atoms with E-state index < -0.39 is 5.91 Å². The molecule has 1 aromatic heterocycles. The number of hydrogen-bond acceptors (Lipinski definition) is 4. The summed E-state index contributed by atoms with van der Waals surface area (Å²) in [5.41, 5.74) is 2.51. The van der Waals surface area contributed by atoms with Gasteiger partial charge in [-0.05, 0) is 24.3 Å². The molecule has 0 saturated carbocycles. The van der Waals surface area contributed by atoms with Crippen LogP contribution in [0, 0.1) is 0 Å². The van der Waals surface area contributed by atoms with Crippen molar-refractivity contribution in [3.8, 4) is 5.75 Å². The van der Waals surface area contributed by atoms with Crippen molar-refractivity contribution < 1.29 is 9.90 Å². The first-order valence-electron chi connectivity index (χ1n) is 5.03. The number of para-hydroxylation sites is 1.